The Kier molecular flexibility index (Phi) is 5.98. The molecule has 4 saturated carbocycles. The van der Waals surface area contributed by atoms with Gasteiger partial charge in [-0.2, -0.15) is 0 Å². The van der Waals surface area contributed by atoms with Crippen molar-refractivity contribution in [3.8, 4) is 0 Å². The lowest BCUT2D eigenvalue weighted by Crippen LogP contribution is -2.54. The third-order valence-corrected chi connectivity index (χ3v) is 10.9. The normalized spacial score (nSPS) is 49.4. The minimum Gasteiger partial charge on any atom is -0.328 e. The van der Waals surface area contributed by atoms with Crippen LogP contribution in [0.4, 0.5) is 0 Å². The lowest BCUT2D eigenvalue weighted by atomic mass is 9.44. The highest BCUT2D eigenvalue weighted by Crippen LogP contribution is 2.68. The first-order chi connectivity index (χ1) is 13.3. The first-order valence-corrected chi connectivity index (χ1v) is 13.0. The third kappa shape index (κ3) is 3.50. The van der Waals surface area contributed by atoms with E-state index in [2.05, 4.69) is 34.6 Å². The smallest absolute Gasteiger partial charge is 0.00418 e. The van der Waals surface area contributed by atoms with Gasteiger partial charge in [0.15, 0.2) is 0 Å². The number of rotatable bonds is 5. The second kappa shape index (κ2) is 7.90. The zero-order valence-electron chi connectivity index (χ0n) is 19.7. The monoisotopic (exact) mass is 387 g/mol. The maximum atomic E-state index is 6.39. The van der Waals surface area contributed by atoms with E-state index in [0.717, 1.165) is 41.4 Å². The third-order valence-electron chi connectivity index (χ3n) is 10.9. The van der Waals surface area contributed by atoms with E-state index in [1.165, 1.54) is 77.0 Å². The van der Waals surface area contributed by atoms with Crippen LogP contribution in [0.2, 0.25) is 0 Å². The molecule has 1 heteroatoms. The van der Waals surface area contributed by atoms with E-state index in [0.29, 0.717) is 16.9 Å². The molecular weight excluding hydrogens is 338 g/mol. The Morgan fingerprint density at radius 1 is 0.821 bits per heavy atom. The largest absolute Gasteiger partial charge is 0.328 e. The molecular formula is C27H49N. The van der Waals surface area contributed by atoms with E-state index < -0.39 is 0 Å². The van der Waals surface area contributed by atoms with Gasteiger partial charge < -0.3 is 5.73 Å². The SMILES string of the molecule is CC(C)CCC[C@@H](C)[C@H]1CC[C@H]2C3CC[C@H]4C[C@H](N)CC[C@]4(C)[C@H]3CC[C@]12C. The van der Waals surface area contributed by atoms with Crippen LogP contribution in [0.5, 0.6) is 0 Å². The standard InChI is InChI=1S/C27H49N/c1-18(2)7-6-8-19(3)23-11-12-24-22-10-9-20-17-21(28)13-15-26(20,4)25(22)14-16-27(23,24)5/h18-25H,6-17,28H2,1-5H3/t19-,20+,21-,22?,23-,24+,25+,26+,27-/m1/s1. The molecule has 0 aromatic rings. The molecule has 0 saturated heterocycles. The van der Waals surface area contributed by atoms with Crippen LogP contribution in [-0.4, -0.2) is 6.04 Å². The minimum atomic E-state index is 0.492. The minimum absolute atomic E-state index is 0.492. The summed E-state index contributed by atoms with van der Waals surface area (Å²) in [6.07, 6.45) is 17.5. The zero-order valence-corrected chi connectivity index (χ0v) is 19.7. The number of nitrogens with two attached hydrogens (primary N) is 1. The zero-order chi connectivity index (χ0) is 20.1. The molecule has 0 amide bonds. The van der Waals surface area contributed by atoms with Crippen LogP contribution in [0.1, 0.15) is 112 Å². The summed E-state index contributed by atoms with van der Waals surface area (Å²) < 4.78 is 0. The molecule has 4 aliphatic rings. The molecule has 4 rings (SSSR count). The summed E-state index contributed by atoms with van der Waals surface area (Å²) in [5, 5.41) is 0. The van der Waals surface area contributed by atoms with E-state index in [1.54, 1.807) is 0 Å². The molecule has 28 heavy (non-hydrogen) atoms. The predicted molar refractivity (Wildman–Crippen MR) is 121 cm³/mol. The highest BCUT2D eigenvalue weighted by molar-refractivity contribution is 5.09. The molecule has 162 valence electrons. The maximum absolute atomic E-state index is 6.39. The maximum Gasteiger partial charge on any atom is 0.00418 e. The van der Waals surface area contributed by atoms with Gasteiger partial charge in [0.05, 0.1) is 0 Å². The molecule has 1 nitrogen and oxygen atoms in total. The fraction of sp³-hybridized carbons (Fsp3) is 1.00. The van der Waals surface area contributed by atoms with Gasteiger partial charge in [-0.05, 0) is 110 Å². The first kappa shape index (κ1) is 21.2. The van der Waals surface area contributed by atoms with Gasteiger partial charge in [0.2, 0.25) is 0 Å². The van der Waals surface area contributed by atoms with Crippen molar-refractivity contribution in [1.82, 2.24) is 0 Å². The Hall–Kier alpha value is -0.0400. The van der Waals surface area contributed by atoms with Crippen molar-refractivity contribution >= 4 is 0 Å². The van der Waals surface area contributed by atoms with Crippen LogP contribution in [-0.2, 0) is 0 Å². The van der Waals surface area contributed by atoms with Crippen LogP contribution in [0.15, 0.2) is 0 Å². The molecule has 0 radical (unpaired) electrons. The van der Waals surface area contributed by atoms with Crippen LogP contribution < -0.4 is 5.73 Å². The van der Waals surface area contributed by atoms with Crippen molar-refractivity contribution in [2.75, 3.05) is 0 Å². The van der Waals surface area contributed by atoms with Crippen LogP contribution in [0.3, 0.4) is 0 Å². The van der Waals surface area contributed by atoms with E-state index in [-0.39, 0.29) is 0 Å². The highest BCUT2D eigenvalue weighted by Gasteiger charge is 2.60. The van der Waals surface area contributed by atoms with Crippen molar-refractivity contribution in [3.63, 3.8) is 0 Å². The van der Waals surface area contributed by atoms with Gasteiger partial charge in [-0.25, -0.2) is 0 Å². The van der Waals surface area contributed by atoms with Crippen molar-refractivity contribution in [1.29, 1.82) is 0 Å². The van der Waals surface area contributed by atoms with Crippen LogP contribution in [0, 0.1) is 52.3 Å². The lowest BCUT2D eigenvalue weighted by Gasteiger charge is -2.61. The van der Waals surface area contributed by atoms with Crippen LogP contribution >= 0.6 is 0 Å². The summed E-state index contributed by atoms with van der Waals surface area (Å²) in [7, 11) is 0. The van der Waals surface area contributed by atoms with E-state index >= 15 is 0 Å². The average Bonchev–Trinajstić information content (AvgIpc) is 2.99. The highest BCUT2D eigenvalue weighted by atomic mass is 14.7. The molecule has 0 aromatic heterocycles. The molecule has 0 heterocycles. The lowest BCUT2D eigenvalue weighted by molar-refractivity contribution is -0.116. The molecule has 4 fully saturated rings. The Morgan fingerprint density at radius 3 is 2.29 bits per heavy atom. The van der Waals surface area contributed by atoms with Gasteiger partial charge >= 0.3 is 0 Å². The summed E-state index contributed by atoms with van der Waals surface area (Å²) in [4.78, 5) is 0. The van der Waals surface area contributed by atoms with Gasteiger partial charge in [0, 0.05) is 6.04 Å². The predicted octanol–water partition coefficient (Wildman–Crippen LogP) is 7.44. The Morgan fingerprint density at radius 2 is 1.54 bits per heavy atom. The molecule has 0 aromatic carbocycles. The van der Waals surface area contributed by atoms with Gasteiger partial charge in [-0.1, -0.05) is 53.9 Å². The molecule has 0 bridgehead atoms. The fourth-order valence-corrected chi connectivity index (χ4v) is 9.32. The molecule has 0 aliphatic heterocycles. The van der Waals surface area contributed by atoms with Crippen molar-refractivity contribution < 1.29 is 0 Å². The number of hydrogen-bond acceptors (Lipinski definition) is 1. The van der Waals surface area contributed by atoms with E-state index in [9.17, 15) is 0 Å². The van der Waals surface area contributed by atoms with Crippen LogP contribution in [0.25, 0.3) is 0 Å². The second-order valence-corrected chi connectivity index (χ2v) is 12.7. The second-order valence-electron chi connectivity index (χ2n) is 12.7. The van der Waals surface area contributed by atoms with Gasteiger partial charge in [0.25, 0.3) is 0 Å². The molecule has 1 unspecified atom stereocenters. The molecule has 0 spiro atoms. The number of hydrogen-bond donors (Lipinski definition) is 1. The number of fused-ring (bicyclic) bond motifs is 5. The van der Waals surface area contributed by atoms with Gasteiger partial charge in [-0.3, -0.25) is 0 Å². The Balaban J connectivity index is 1.46. The summed E-state index contributed by atoms with van der Waals surface area (Å²) in [6.45, 7) is 12.8. The van der Waals surface area contributed by atoms with E-state index in [1.807, 2.05) is 0 Å². The van der Waals surface area contributed by atoms with Crippen molar-refractivity contribution in [3.05, 3.63) is 0 Å². The topological polar surface area (TPSA) is 26.0 Å². The van der Waals surface area contributed by atoms with Gasteiger partial charge in [0.1, 0.15) is 0 Å². The van der Waals surface area contributed by atoms with Gasteiger partial charge in [-0.15, -0.1) is 0 Å². The summed E-state index contributed by atoms with van der Waals surface area (Å²) >= 11 is 0. The molecule has 9 atom stereocenters. The molecule has 2 N–H and O–H groups in total. The van der Waals surface area contributed by atoms with Crippen molar-refractivity contribution in [2.24, 2.45) is 58.0 Å². The Labute approximate surface area is 176 Å². The van der Waals surface area contributed by atoms with E-state index in [4.69, 9.17) is 5.73 Å². The quantitative estimate of drug-likeness (QED) is 0.521. The fourth-order valence-electron chi connectivity index (χ4n) is 9.32. The summed E-state index contributed by atoms with van der Waals surface area (Å²) in [5.41, 5.74) is 7.64. The Bertz CT molecular complexity index is 540. The first-order valence-electron chi connectivity index (χ1n) is 13.0. The summed E-state index contributed by atoms with van der Waals surface area (Å²) in [5.74, 6) is 6.79. The molecule has 4 aliphatic carbocycles. The summed E-state index contributed by atoms with van der Waals surface area (Å²) in [6, 6.07) is 0.492. The average molecular weight is 388 g/mol. The van der Waals surface area contributed by atoms with Crippen molar-refractivity contribution in [2.45, 2.75) is 118 Å².